The topological polar surface area (TPSA) is 47.4 Å². The van der Waals surface area contributed by atoms with E-state index in [-0.39, 0.29) is 11.8 Å². The smallest absolute Gasteiger partial charge is 0.226 e. The summed E-state index contributed by atoms with van der Waals surface area (Å²) in [6, 6.07) is 0. The Bertz CT molecular complexity index is 633. The third-order valence-corrected chi connectivity index (χ3v) is 5.57. The van der Waals surface area contributed by atoms with E-state index in [1.54, 1.807) is 7.11 Å². The summed E-state index contributed by atoms with van der Waals surface area (Å²) < 4.78 is 7.65. The highest BCUT2D eigenvalue weighted by molar-refractivity contribution is 5.79. The highest BCUT2D eigenvalue weighted by Crippen LogP contribution is 2.35. The van der Waals surface area contributed by atoms with E-state index in [9.17, 15) is 4.79 Å². The van der Waals surface area contributed by atoms with Gasteiger partial charge in [0, 0.05) is 44.1 Å². The molecule has 1 aliphatic heterocycles. The van der Waals surface area contributed by atoms with E-state index >= 15 is 0 Å². The standard InChI is InChI=1S/C19H27N3O2/c1-24-13-17-12-21(19(23)15-5-3-2-4-6-15)11-16-9-20-22(18(16)17)10-14-7-8-14/h2-3,9,14-15,17H,4-8,10-13H2,1H3/t15-,17+/m1/s1. The van der Waals surface area contributed by atoms with E-state index in [4.69, 9.17) is 4.74 Å². The molecule has 0 radical (unpaired) electrons. The van der Waals surface area contributed by atoms with Crippen LogP contribution in [0.3, 0.4) is 0 Å². The first-order valence-electron chi connectivity index (χ1n) is 9.23. The van der Waals surface area contributed by atoms with Gasteiger partial charge in [0.05, 0.1) is 18.5 Å². The zero-order valence-electron chi connectivity index (χ0n) is 14.5. The third-order valence-electron chi connectivity index (χ3n) is 5.57. The van der Waals surface area contributed by atoms with Crippen molar-refractivity contribution in [3.05, 3.63) is 29.6 Å². The summed E-state index contributed by atoms with van der Waals surface area (Å²) >= 11 is 0. The van der Waals surface area contributed by atoms with Gasteiger partial charge in [0.1, 0.15) is 0 Å². The second-order valence-corrected chi connectivity index (χ2v) is 7.53. The molecule has 0 saturated heterocycles. The molecule has 5 nitrogen and oxygen atoms in total. The molecule has 1 aromatic rings. The van der Waals surface area contributed by atoms with Crippen molar-refractivity contribution in [1.82, 2.24) is 14.7 Å². The van der Waals surface area contributed by atoms with Gasteiger partial charge in [-0.25, -0.2) is 0 Å². The normalized spacial score (nSPS) is 26.5. The Morgan fingerprint density at radius 3 is 2.92 bits per heavy atom. The fraction of sp³-hybridized carbons (Fsp3) is 0.684. The summed E-state index contributed by atoms with van der Waals surface area (Å²) in [4.78, 5) is 15.0. The summed E-state index contributed by atoms with van der Waals surface area (Å²) in [6.45, 7) is 3.14. The van der Waals surface area contributed by atoms with Gasteiger partial charge in [-0.05, 0) is 38.0 Å². The lowest BCUT2D eigenvalue weighted by molar-refractivity contribution is -0.137. The van der Waals surface area contributed by atoms with E-state index in [1.807, 2.05) is 11.1 Å². The summed E-state index contributed by atoms with van der Waals surface area (Å²) in [5.41, 5.74) is 2.51. The van der Waals surface area contributed by atoms with Gasteiger partial charge in [0.25, 0.3) is 0 Å². The van der Waals surface area contributed by atoms with Crippen molar-refractivity contribution in [3.8, 4) is 0 Å². The molecular weight excluding hydrogens is 302 g/mol. The Morgan fingerprint density at radius 1 is 1.33 bits per heavy atom. The lowest BCUT2D eigenvalue weighted by Gasteiger charge is -2.35. The summed E-state index contributed by atoms with van der Waals surface area (Å²) in [6.07, 6.45) is 11.9. The van der Waals surface area contributed by atoms with Crippen LogP contribution in [0.25, 0.3) is 0 Å². The summed E-state index contributed by atoms with van der Waals surface area (Å²) in [7, 11) is 1.74. The molecule has 4 rings (SSSR count). The number of carbonyl (C=O) groups excluding carboxylic acids is 1. The molecule has 0 aromatic carbocycles. The first-order chi connectivity index (χ1) is 11.8. The maximum atomic E-state index is 12.9. The Hall–Kier alpha value is -1.62. The first kappa shape index (κ1) is 15.9. The molecule has 0 spiro atoms. The van der Waals surface area contributed by atoms with Gasteiger partial charge in [-0.1, -0.05) is 12.2 Å². The Labute approximate surface area is 143 Å². The quantitative estimate of drug-likeness (QED) is 0.781. The number of hydrogen-bond acceptors (Lipinski definition) is 3. The molecule has 1 aromatic heterocycles. The molecule has 0 N–H and O–H groups in total. The van der Waals surface area contributed by atoms with E-state index in [0.717, 1.165) is 38.3 Å². The van der Waals surface area contributed by atoms with Gasteiger partial charge in [-0.15, -0.1) is 0 Å². The number of nitrogens with zero attached hydrogens (tertiary/aromatic N) is 3. The van der Waals surface area contributed by atoms with Crippen molar-refractivity contribution in [2.24, 2.45) is 11.8 Å². The largest absolute Gasteiger partial charge is 0.384 e. The van der Waals surface area contributed by atoms with Crippen molar-refractivity contribution in [1.29, 1.82) is 0 Å². The van der Waals surface area contributed by atoms with Crippen molar-refractivity contribution >= 4 is 5.91 Å². The second-order valence-electron chi connectivity index (χ2n) is 7.53. The number of aromatic nitrogens is 2. The molecule has 2 aliphatic carbocycles. The molecule has 5 heteroatoms. The zero-order valence-corrected chi connectivity index (χ0v) is 14.5. The molecule has 1 saturated carbocycles. The number of methoxy groups -OCH3 is 1. The Morgan fingerprint density at radius 2 is 2.21 bits per heavy atom. The molecular formula is C19H27N3O2. The molecule has 130 valence electrons. The lowest BCUT2D eigenvalue weighted by Crippen LogP contribution is -2.43. The van der Waals surface area contributed by atoms with E-state index in [2.05, 4.69) is 21.9 Å². The van der Waals surface area contributed by atoms with Crippen molar-refractivity contribution in [3.63, 3.8) is 0 Å². The minimum Gasteiger partial charge on any atom is -0.384 e. The molecule has 24 heavy (non-hydrogen) atoms. The van der Waals surface area contributed by atoms with Crippen LogP contribution in [0.15, 0.2) is 18.3 Å². The predicted molar refractivity (Wildman–Crippen MR) is 91.5 cm³/mol. The van der Waals surface area contributed by atoms with Crippen LogP contribution < -0.4 is 0 Å². The predicted octanol–water partition coefficient (Wildman–Crippen LogP) is 2.72. The van der Waals surface area contributed by atoms with Crippen LogP contribution >= 0.6 is 0 Å². The maximum absolute atomic E-state index is 12.9. The fourth-order valence-electron chi connectivity index (χ4n) is 4.12. The van der Waals surface area contributed by atoms with Gasteiger partial charge in [-0.3, -0.25) is 9.48 Å². The number of allylic oxidation sites excluding steroid dienone is 2. The van der Waals surface area contributed by atoms with Gasteiger partial charge in [0.2, 0.25) is 5.91 Å². The number of ether oxygens (including phenoxy) is 1. The van der Waals surface area contributed by atoms with Gasteiger partial charge < -0.3 is 9.64 Å². The van der Waals surface area contributed by atoms with Crippen LogP contribution in [0.5, 0.6) is 0 Å². The highest BCUT2D eigenvalue weighted by Gasteiger charge is 2.35. The van der Waals surface area contributed by atoms with Crippen LogP contribution in [0.2, 0.25) is 0 Å². The van der Waals surface area contributed by atoms with E-state index < -0.39 is 0 Å². The molecule has 1 amide bonds. The van der Waals surface area contributed by atoms with Gasteiger partial charge in [0.15, 0.2) is 0 Å². The van der Waals surface area contributed by atoms with Crippen LogP contribution in [0.4, 0.5) is 0 Å². The van der Waals surface area contributed by atoms with Crippen molar-refractivity contribution in [2.75, 3.05) is 20.3 Å². The average Bonchev–Trinajstić information content (AvgIpc) is 3.34. The monoisotopic (exact) mass is 329 g/mol. The molecule has 2 atom stereocenters. The first-order valence-corrected chi connectivity index (χ1v) is 9.23. The minimum atomic E-state index is 0.154. The van der Waals surface area contributed by atoms with Crippen LogP contribution in [-0.2, 0) is 22.6 Å². The summed E-state index contributed by atoms with van der Waals surface area (Å²) in [5.74, 6) is 1.50. The average molecular weight is 329 g/mol. The second kappa shape index (κ2) is 6.71. The van der Waals surface area contributed by atoms with Crippen molar-refractivity contribution in [2.45, 2.75) is 51.1 Å². The van der Waals surface area contributed by atoms with Crippen LogP contribution in [0, 0.1) is 11.8 Å². The molecule has 2 heterocycles. The number of rotatable bonds is 5. The number of fused-ring (bicyclic) bond motifs is 1. The fourth-order valence-corrected chi connectivity index (χ4v) is 4.12. The van der Waals surface area contributed by atoms with Gasteiger partial charge in [-0.2, -0.15) is 5.10 Å². The number of amides is 1. The van der Waals surface area contributed by atoms with E-state index in [1.165, 1.54) is 24.1 Å². The molecule has 0 bridgehead atoms. The number of carbonyl (C=O) groups is 1. The van der Waals surface area contributed by atoms with Gasteiger partial charge >= 0.3 is 0 Å². The molecule has 1 fully saturated rings. The lowest BCUT2D eigenvalue weighted by atomic mass is 9.90. The van der Waals surface area contributed by atoms with Crippen LogP contribution in [-0.4, -0.2) is 40.8 Å². The number of hydrogen-bond donors (Lipinski definition) is 0. The molecule has 3 aliphatic rings. The summed E-state index contributed by atoms with van der Waals surface area (Å²) in [5, 5.41) is 4.63. The third kappa shape index (κ3) is 3.14. The zero-order chi connectivity index (χ0) is 16.5. The minimum absolute atomic E-state index is 0.154. The Balaban J connectivity index is 1.54. The van der Waals surface area contributed by atoms with Crippen molar-refractivity contribution < 1.29 is 9.53 Å². The maximum Gasteiger partial charge on any atom is 0.226 e. The van der Waals surface area contributed by atoms with Crippen LogP contribution in [0.1, 0.15) is 49.3 Å². The van der Waals surface area contributed by atoms with E-state index in [0.29, 0.717) is 19.1 Å². The highest BCUT2D eigenvalue weighted by atomic mass is 16.5. The SMILES string of the molecule is COC[C@@H]1CN(C(=O)[C@@H]2CC=CCC2)Cc2cnn(CC3CC3)c21. The molecule has 0 unspecified atom stereocenters. The Kier molecular flexibility index (Phi) is 4.44.